The molecular formula is C14H19N3O4S. The second-order valence-corrected chi connectivity index (χ2v) is 6.95. The molecule has 22 heavy (non-hydrogen) atoms. The minimum absolute atomic E-state index is 0.0491. The molecule has 7 nitrogen and oxygen atoms in total. The summed E-state index contributed by atoms with van der Waals surface area (Å²) < 4.78 is 26.4. The molecule has 0 saturated carbocycles. The molecule has 0 aliphatic carbocycles. The average molecular weight is 325 g/mol. The molecule has 0 radical (unpaired) electrons. The Balaban J connectivity index is 2.14. The summed E-state index contributed by atoms with van der Waals surface area (Å²) in [6, 6.07) is 5.82. The number of carbonyl (C=O) groups is 2. The number of carbonyl (C=O) groups excluding carboxylic acids is 2. The van der Waals surface area contributed by atoms with Crippen molar-refractivity contribution >= 4 is 21.8 Å². The molecule has 1 aromatic rings. The average Bonchev–Trinajstić information content (AvgIpc) is 2.54. The molecule has 1 heterocycles. The summed E-state index contributed by atoms with van der Waals surface area (Å²) in [6.45, 7) is 2.82. The van der Waals surface area contributed by atoms with Crippen molar-refractivity contribution in [2.75, 3.05) is 33.2 Å². The highest BCUT2D eigenvalue weighted by Gasteiger charge is 2.29. The summed E-state index contributed by atoms with van der Waals surface area (Å²) in [5, 5.41) is 2.48. The maximum Gasteiger partial charge on any atom is 0.251 e. The van der Waals surface area contributed by atoms with Crippen LogP contribution in [0.5, 0.6) is 0 Å². The first-order valence-electron chi connectivity index (χ1n) is 6.94. The first-order valence-corrected chi connectivity index (χ1v) is 8.38. The van der Waals surface area contributed by atoms with Gasteiger partial charge < -0.3 is 10.2 Å². The van der Waals surface area contributed by atoms with Crippen LogP contribution >= 0.6 is 0 Å². The van der Waals surface area contributed by atoms with Gasteiger partial charge in [0, 0.05) is 45.7 Å². The molecule has 8 heteroatoms. The van der Waals surface area contributed by atoms with Gasteiger partial charge in [0.15, 0.2) is 0 Å². The molecule has 1 aliphatic heterocycles. The zero-order valence-electron chi connectivity index (χ0n) is 12.6. The van der Waals surface area contributed by atoms with E-state index < -0.39 is 10.0 Å². The van der Waals surface area contributed by atoms with Crippen LogP contribution in [0.4, 0.5) is 0 Å². The van der Waals surface area contributed by atoms with Crippen LogP contribution in [-0.4, -0.2) is 62.7 Å². The number of sulfonamides is 1. The summed E-state index contributed by atoms with van der Waals surface area (Å²) in [6.07, 6.45) is 0. The molecule has 1 N–H and O–H groups in total. The molecule has 1 aliphatic rings. The van der Waals surface area contributed by atoms with Gasteiger partial charge in [-0.15, -0.1) is 0 Å². The molecule has 0 bridgehead atoms. The summed E-state index contributed by atoms with van der Waals surface area (Å²) in [7, 11) is -2.08. The first kappa shape index (κ1) is 16.4. The second kappa shape index (κ2) is 6.45. The molecule has 0 spiro atoms. The molecule has 1 saturated heterocycles. The Morgan fingerprint density at radius 2 is 1.59 bits per heavy atom. The van der Waals surface area contributed by atoms with Crippen molar-refractivity contribution in [2.45, 2.75) is 11.8 Å². The van der Waals surface area contributed by atoms with Crippen molar-refractivity contribution in [3.63, 3.8) is 0 Å². The number of piperazine rings is 1. The summed E-state index contributed by atoms with van der Waals surface area (Å²) >= 11 is 0. The largest absolute Gasteiger partial charge is 0.355 e. The molecule has 1 fully saturated rings. The van der Waals surface area contributed by atoms with Gasteiger partial charge in [-0.2, -0.15) is 4.31 Å². The van der Waals surface area contributed by atoms with Crippen molar-refractivity contribution in [1.82, 2.24) is 14.5 Å². The maximum absolute atomic E-state index is 12.5. The Bertz CT molecular complexity index is 662. The van der Waals surface area contributed by atoms with Crippen LogP contribution in [0.1, 0.15) is 17.3 Å². The lowest BCUT2D eigenvalue weighted by Crippen LogP contribution is -2.49. The van der Waals surface area contributed by atoms with Crippen molar-refractivity contribution in [1.29, 1.82) is 0 Å². The summed E-state index contributed by atoms with van der Waals surface area (Å²) in [5.41, 5.74) is 0.405. The van der Waals surface area contributed by atoms with Gasteiger partial charge in [-0.1, -0.05) is 0 Å². The van der Waals surface area contributed by atoms with Crippen LogP contribution in [-0.2, 0) is 14.8 Å². The highest BCUT2D eigenvalue weighted by Crippen LogP contribution is 2.18. The van der Waals surface area contributed by atoms with E-state index in [0.717, 1.165) is 0 Å². The fourth-order valence-electron chi connectivity index (χ4n) is 2.32. The number of amides is 2. The van der Waals surface area contributed by atoms with E-state index in [0.29, 0.717) is 18.7 Å². The normalized spacial score (nSPS) is 16.4. The number of hydrogen-bond donors (Lipinski definition) is 1. The van der Waals surface area contributed by atoms with Crippen LogP contribution in [0.25, 0.3) is 0 Å². The van der Waals surface area contributed by atoms with E-state index in [1.165, 1.54) is 42.5 Å². The lowest BCUT2D eigenvalue weighted by molar-refractivity contribution is -0.129. The van der Waals surface area contributed by atoms with Crippen molar-refractivity contribution in [3.8, 4) is 0 Å². The lowest BCUT2D eigenvalue weighted by Gasteiger charge is -2.33. The third-order valence-electron chi connectivity index (χ3n) is 3.67. The van der Waals surface area contributed by atoms with E-state index in [1.54, 1.807) is 4.90 Å². The Labute approximate surface area is 129 Å². The summed E-state index contributed by atoms with van der Waals surface area (Å²) in [4.78, 5) is 24.5. The van der Waals surface area contributed by atoms with E-state index in [1.807, 2.05) is 0 Å². The predicted molar refractivity (Wildman–Crippen MR) is 80.8 cm³/mol. The van der Waals surface area contributed by atoms with Gasteiger partial charge in [0.25, 0.3) is 5.91 Å². The lowest BCUT2D eigenvalue weighted by atomic mass is 10.2. The number of rotatable bonds is 3. The van der Waals surface area contributed by atoms with Crippen LogP contribution in [0.3, 0.4) is 0 Å². The molecule has 2 amide bonds. The van der Waals surface area contributed by atoms with Crippen LogP contribution < -0.4 is 5.32 Å². The molecular weight excluding hydrogens is 306 g/mol. The predicted octanol–water partition coefficient (Wildman–Crippen LogP) is -0.101. The van der Waals surface area contributed by atoms with Crippen molar-refractivity contribution < 1.29 is 18.0 Å². The topological polar surface area (TPSA) is 86.8 Å². The van der Waals surface area contributed by atoms with Gasteiger partial charge in [0.2, 0.25) is 15.9 Å². The van der Waals surface area contributed by atoms with Gasteiger partial charge in [-0.05, 0) is 24.3 Å². The Morgan fingerprint density at radius 1 is 1.05 bits per heavy atom. The Hall–Kier alpha value is -1.93. The van der Waals surface area contributed by atoms with Gasteiger partial charge in [0.1, 0.15) is 0 Å². The van der Waals surface area contributed by atoms with Gasteiger partial charge >= 0.3 is 0 Å². The molecule has 0 aromatic heterocycles. The highest BCUT2D eigenvalue weighted by molar-refractivity contribution is 7.89. The van der Waals surface area contributed by atoms with Crippen LogP contribution in [0.15, 0.2) is 29.2 Å². The van der Waals surface area contributed by atoms with Crippen molar-refractivity contribution in [2.24, 2.45) is 0 Å². The second-order valence-electron chi connectivity index (χ2n) is 5.01. The van der Waals surface area contributed by atoms with Crippen LogP contribution in [0, 0.1) is 0 Å². The van der Waals surface area contributed by atoms with Crippen LogP contribution in [0.2, 0.25) is 0 Å². The Kier molecular flexibility index (Phi) is 4.82. The standard InChI is InChI=1S/C14H19N3O4S/c1-11(18)16-7-9-17(10-8-16)22(20,21)13-5-3-12(4-6-13)14(19)15-2/h3-6H,7-10H2,1-2H3,(H,15,19). The molecule has 120 valence electrons. The molecule has 0 atom stereocenters. The highest BCUT2D eigenvalue weighted by atomic mass is 32.2. The molecule has 1 aromatic carbocycles. The van der Waals surface area contributed by atoms with E-state index in [9.17, 15) is 18.0 Å². The number of nitrogens with one attached hydrogen (secondary N) is 1. The Morgan fingerprint density at radius 3 is 2.05 bits per heavy atom. The monoisotopic (exact) mass is 325 g/mol. The third-order valence-corrected chi connectivity index (χ3v) is 5.58. The fraction of sp³-hybridized carbons (Fsp3) is 0.429. The maximum atomic E-state index is 12.5. The number of hydrogen-bond acceptors (Lipinski definition) is 4. The zero-order chi connectivity index (χ0) is 16.3. The van der Waals surface area contributed by atoms with Crippen molar-refractivity contribution in [3.05, 3.63) is 29.8 Å². The van der Waals surface area contributed by atoms with E-state index in [2.05, 4.69) is 5.32 Å². The number of benzene rings is 1. The van der Waals surface area contributed by atoms with Gasteiger partial charge in [0.05, 0.1) is 4.90 Å². The first-order chi connectivity index (χ1) is 10.4. The fourth-order valence-corrected chi connectivity index (χ4v) is 3.74. The molecule has 0 unspecified atom stereocenters. The SMILES string of the molecule is CNC(=O)c1ccc(S(=O)(=O)N2CCN(C(C)=O)CC2)cc1. The van der Waals surface area contributed by atoms with E-state index >= 15 is 0 Å². The van der Waals surface area contributed by atoms with Gasteiger partial charge in [-0.25, -0.2) is 8.42 Å². The minimum atomic E-state index is -3.60. The zero-order valence-corrected chi connectivity index (χ0v) is 13.4. The number of nitrogens with zero attached hydrogens (tertiary/aromatic N) is 2. The van der Waals surface area contributed by atoms with E-state index in [4.69, 9.17) is 0 Å². The third kappa shape index (κ3) is 3.28. The quantitative estimate of drug-likeness (QED) is 0.841. The smallest absolute Gasteiger partial charge is 0.251 e. The summed E-state index contributed by atoms with van der Waals surface area (Å²) in [5.74, 6) is -0.314. The molecule has 2 rings (SSSR count). The van der Waals surface area contributed by atoms with Gasteiger partial charge in [-0.3, -0.25) is 9.59 Å². The van der Waals surface area contributed by atoms with E-state index in [-0.39, 0.29) is 29.8 Å². The minimum Gasteiger partial charge on any atom is -0.355 e.